The largest absolute Gasteiger partial charge is 0.452 e. The van der Waals surface area contributed by atoms with Crippen LogP contribution in [0.4, 0.5) is 5.00 Å². The maximum Gasteiger partial charge on any atom is 0.331 e. The monoisotopic (exact) mass is 386 g/mol. The topological polar surface area (TPSA) is 96.5 Å². The summed E-state index contributed by atoms with van der Waals surface area (Å²) in [6.07, 6.45) is 4.40. The lowest BCUT2D eigenvalue weighted by atomic mass is 10.3. The summed E-state index contributed by atoms with van der Waals surface area (Å²) in [5, 5.41) is 13.8. The van der Waals surface area contributed by atoms with Gasteiger partial charge in [0.1, 0.15) is 16.7 Å². The third-order valence-electron chi connectivity index (χ3n) is 3.28. The quantitative estimate of drug-likeness (QED) is 0.536. The number of fused-ring (bicyclic) bond motifs is 1. The molecule has 9 heteroatoms. The highest BCUT2D eigenvalue weighted by Gasteiger charge is 2.11. The van der Waals surface area contributed by atoms with Gasteiger partial charge in [0.25, 0.3) is 5.91 Å². The first kappa shape index (κ1) is 17.7. The predicted molar refractivity (Wildman–Crippen MR) is 97.9 cm³/mol. The molecule has 0 fully saturated rings. The van der Waals surface area contributed by atoms with E-state index in [1.807, 2.05) is 18.2 Å². The van der Waals surface area contributed by atoms with E-state index < -0.39 is 18.5 Å². The number of aromatic nitrogens is 2. The lowest BCUT2D eigenvalue weighted by Gasteiger charge is -2.03. The summed E-state index contributed by atoms with van der Waals surface area (Å²) >= 11 is 7.28. The van der Waals surface area contributed by atoms with Gasteiger partial charge >= 0.3 is 5.97 Å². The molecule has 0 radical (unpaired) electrons. The highest BCUT2D eigenvalue weighted by Crippen LogP contribution is 2.22. The Hall–Kier alpha value is -3.15. The Morgan fingerprint density at radius 2 is 2.27 bits per heavy atom. The van der Waals surface area contributed by atoms with Gasteiger partial charge in [-0.25, -0.2) is 9.78 Å². The molecule has 7 nitrogen and oxygen atoms in total. The second-order valence-electron chi connectivity index (χ2n) is 4.98. The van der Waals surface area contributed by atoms with Crippen molar-refractivity contribution in [2.24, 2.45) is 0 Å². The van der Waals surface area contributed by atoms with Gasteiger partial charge < -0.3 is 10.1 Å². The highest BCUT2D eigenvalue weighted by molar-refractivity contribution is 7.14. The summed E-state index contributed by atoms with van der Waals surface area (Å²) in [7, 11) is 0. The predicted octanol–water partition coefficient (Wildman–Crippen LogP) is 3.12. The minimum absolute atomic E-state index is 0.250. The zero-order valence-electron chi connectivity index (χ0n) is 13.2. The summed E-state index contributed by atoms with van der Waals surface area (Å²) in [5.41, 5.74) is 1.53. The number of rotatable bonds is 5. The molecule has 0 saturated carbocycles. The summed E-state index contributed by atoms with van der Waals surface area (Å²) in [6, 6.07) is 8.97. The molecule has 0 unspecified atom stereocenters. The Morgan fingerprint density at radius 1 is 1.42 bits per heavy atom. The number of amides is 1. The van der Waals surface area contributed by atoms with Crippen LogP contribution in [0, 0.1) is 11.3 Å². The van der Waals surface area contributed by atoms with Crippen LogP contribution in [0.1, 0.15) is 11.3 Å². The van der Waals surface area contributed by atoms with E-state index >= 15 is 0 Å². The van der Waals surface area contributed by atoms with Gasteiger partial charge in [0, 0.05) is 12.3 Å². The molecule has 0 atom stereocenters. The van der Waals surface area contributed by atoms with Crippen molar-refractivity contribution in [2.45, 2.75) is 0 Å². The fraction of sp³-hybridized carbons (Fsp3) is 0.0588. The SMILES string of the molecule is N#Cc1ccsc1NC(=O)COC(=O)/C=C/c1c(Cl)nc2ccccn12. The van der Waals surface area contributed by atoms with E-state index in [1.165, 1.54) is 23.5 Å². The number of anilines is 1. The van der Waals surface area contributed by atoms with Crippen LogP contribution in [0.15, 0.2) is 41.9 Å². The molecule has 3 aromatic rings. The molecule has 0 bridgehead atoms. The number of imidazole rings is 1. The van der Waals surface area contributed by atoms with Crippen LogP contribution in [-0.2, 0) is 14.3 Å². The van der Waals surface area contributed by atoms with Gasteiger partial charge in [-0.3, -0.25) is 9.20 Å². The van der Waals surface area contributed by atoms with E-state index in [0.29, 0.717) is 21.9 Å². The first-order valence-corrected chi connectivity index (χ1v) is 8.59. The van der Waals surface area contributed by atoms with Crippen LogP contribution in [0.25, 0.3) is 11.7 Å². The number of carbonyl (C=O) groups excluding carboxylic acids is 2. The standard InChI is InChI=1S/C17H11ClN4O3S/c18-16-12(22-7-2-1-3-13(22)20-16)4-5-15(24)25-10-14(23)21-17-11(9-19)6-8-26-17/h1-8H,10H2,(H,21,23)/b5-4+. The lowest BCUT2D eigenvalue weighted by Crippen LogP contribution is -2.20. The number of esters is 1. The summed E-state index contributed by atoms with van der Waals surface area (Å²) in [5.74, 6) is -1.23. The Kier molecular flexibility index (Phi) is 5.31. The van der Waals surface area contributed by atoms with Gasteiger partial charge in [-0.05, 0) is 29.7 Å². The zero-order valence-corrected chi connectivity index (χ0v) is 14.8. The number of pyridine rings is 1. The van der Waals surface area contributed by atoms with Gasteiger partial charge in [-0.1, -0.05) is 17.7 Å². The van der Waals surface area contributed by atoms with Gasteiger partial charge in [-0.15, -0.1) is 11.3 Å². The number of hydrogen-bond donors (Lipinski definition) is 1. The van der Waals surface area contributed by atoms with Crippen LogP contribution in [0.3, 0.4) is 0 Å². The number of ether oxygens (including phenoxy) is 1. The van der Waals surface area contributed by atoms with Crippen molar-refractivity contribution < 1.29 is 14.3 Å². The van der Waals surface area contributed by atoms with Crippen molar-refractivity contribution >= 4 is 51.5 Å². The second-order valence-corrected chi connectivity index (χ2v) is 6.26. The summed E-state index contributed by atoms with van der Waals surface area (Å²) < 4.78 is 6.61. The van der Waals surface area contributed by atoms with Crippen molar-refractivity contribution in [3.8, 4) is 6.07 Å². The van der Waals surface area contributed by atoms with E-state index in [-0.39, 0.29) is 5.15 Å². The molecular weight excluding hydrogens is 376 g/mol. The Bertz CT molecular complexity index is 1050. The molecule has 1 amide bonds. The van der Waals surface area contributed by atoms with Crippen molar-refractivity contribution in [3.05, 3.63) is 58.3 Å². The van der Waals surface area contributed by atoms with Crippen molar-refractivity contribution in [3.63, 3.8) is 0 Å². The summed E-state index contributed by atoms with van der Waals surface area (Å²) in [4.78, 5) is 27.8. The van der Waals surface area contributed by atoms with Gasteiger partial charge in [0.05, 0.1) is 11.3 Å². The smallest absolute Gasteiger partial charge is 0.331 e. The first-order chi connectivity index (χ1) is 12.6. The second kappa shape index (κ2) is 7.82. The molecule has 0 aliphatic carbocycles. The fourth-order valence-electron chi connectivity index (χ4n) is 2.12. The van der Waals surface area contributed by atoms with E-state index in [2.05, 4.69) is 10.3 Å². The lowest BCUT2D eigenvalue weighted by molar-refractivity contribution is -0.142. The van der Waals surface area contributed by atoms with Crippen LogP contribution >= 0.6 is 22.9 Å². The van der Waals surface area contributed by atoms with Crippen molar-refractivity contribution in [2.75, 3.05) is 11.9 Å². The molecule has 0 aliphatic rings. The molecule has 1 N–H and O–H groups in total. The van der Waals surface area contributed by atoms with Crippen LogP contribution in [0.2, 0.25) is 5.15 Å². The average Bonchev–Trinajstić information content (AvgIpc) is 3.21. The third-order valence-corrected chi connectivity index (χ3v) is 4.39. The molecule has 0 saturated heterocycles. The Balaban J connectivity index is 1.58. The van der Waals surface area contributed by atoms with Crippen LogP contribution in [-0.4, -0.2) is 27.9 Å². The number of nitrogens with one attached hydrogen (secondary N) is 1. The first-order valence-electron chi connectivity index (χ1n) is 7.33. The number of halogens is 1. The number of hydrogen-bond acceptors (Lipinski definition) is 6. The maximum atomic E-state index is 11.8. The van der Waals surface area contributed by atoms with Crippen molar-refractivity contribution in [1.82, 2.24) is 9.38 Å². The number of thiophene rings is 1. The molecule has 0 aromatic carbocycles. The molecule has 26 heavy (non-hydrogen) atoms. The average molecular weight is 387 g/mol. The van der Waals surface area contributed by atoms with E-state index in [4.69, 9.17) is 21.6 Å². The van der Waals surface area contributed by atoms with E-state index in [9.17, 15) is 9.59 Å². The van der Waals surface area contributed by atoms with Crippen LogP contribution in [0.5, 0.6) is 0 Å². The molecular formula is C17H11ClN4O3S. The Morgan fingerprint density at radius 3 is 3.08 bits per heavy atom. The highest BCUT2D eigenvalue weighted by atomic mass is 35.5. The molecule has 3 rings (SSSR count). The Labute approximate surface area is 157 Å². The van der Waals surface area contributed by atoms with Gasteiger partial charge in [0.15, 0.2) is 11.8 Å². The molecule has 0 spiro atoms. The van der Waals surface area contributed by atoms with Gasteiger partial charge in [0.2, 0.25) is 0 Å². The zero-order chi connectivity index (χ0) is 18.5. The van der Waals surface area contributed by atoms with Gasteiger partial charge in [-0.2, -0.15) is 5.26 Å². The molecule has 0 aliphatic heterocycles. The normalized spacial score (nSPS) is 10.8. The minimum Gasteiger partial charge on any atom is -0.452 e. The van der Waals surface area contributed by atoms with Crippen LogP contribution < -0.4 is 5.32 Å². The number of carbonyl (C=O) groups is 2. The number of nitrogens with zero attached hydrogens (tertiary/aromatic N) is 3. The summed E-state index contributed by atoms with van der Waals surface area (Å²) in [6.45, 7) is -0.465. The number of nitriles is 1. The maximum absolute atomic E-state index is 11.8. The van der Waals surface area contributed by atoms with E-state index in [0.717, 1.165) is 0 Å². The van der Waals surface area contributed by atoms with Crippen molar-refractivity contribution in [1.29, 1.82) is 5.26 Å². The molecule has 130 valence electrons. The third kappa shape index (κ3) is 3.91. The molecule has 3 heterocycles. The van der Waals surface area contributed by atoms with E-state index in [1.54, 1.807) is 28.1 Å². The minimum atomic E-state index is -0.700. The fourth-order valence-corrected chi connectivity index (χ4v) is 3.12. The molecule has 3 aromatic heterocycles.